The Morgan fingerprint density at radius 2 is 2.19 bits per heavy atom. The average molecular weight is 240 g/mol. The molecule has 1 aliphatic rings. The van der Waals surface area contributed by atoms with Gasteiger partial charge in [-0.15, -0.1) is 11.3 Å². The van der Waals surface area contributed by atoms with Gasteiger partial charge in [-0.2, -0.15) is 5.10 Å². The molecule has 0 aliphatic carbocycles. The third-order valence-electron chi connectivity index (χ3n) is 2.29. The number of rotatable bonds is 2. The van der Waals surface area contributed by atoms with Crippen molar-refractivity contribution in [1.82, 2.24) is 5.01 Å². The van der Waals surface area contributed by atoms with Crippen LogP contribution in [-0.2, 0) is 4.79 Å². The van der Waals surface area contributed by atoms with Gasteiger partial charge in [0.2, 0.25) is 0 Å². The minimum atomic E-state index is -2.50. The second-order valence-electron chi connectivity index (χ2n) is 3.84. The molecule has 0 saturated heterocycles. The fraction of sp³-hybridized carbons (Fsp3) is 0.400. The molecule has 0 bridgehead atoms. The first-order valence-corrected chi connectivity index (χ1v) is 5.74. The van der Waals surface area contributed by atoms with E-state index >= 15 is 0 Å². The van der Waals surface area contributed by atoms with Gasteiger partial charge >= 0.3 is 5.91 Å². The van der Waals surface area contributed by atoms with Crippen molar-refractivity contribution >= 4 is 23.0 Å². The van der Waals surface area contributed by atoms with E-state index in [1.54, 1.807) is 31.4 Å². The maximum Gasteiger partial charge on any atom is 0.309 e. The molecule has 1 aliphatic heterocycles. The van der Waals surface area contributed by atoms with E-state index in [9.17, 15) is 15.0 Å². The molecule has 2 heterocycles. The van der Waals surface area contributed by atoms with Crippen LogP contribution in [0.2, 0.25) is 0 Å². The number of carbonyl (C=O) groups excluding carboxylic acids is 1. The first-order chi connectivity index (χ1) is 7.44. The minimum absolute atomic E-state index is 0.00111. The van der Waals surface area contributed by atoms with Crippen molar-refractivity contribution < 1.29 is 15.0 Å². The van der Waals surface area contributed by atoms with E-state index in [2.05, 4.69) is 5.10 Å². The lowest BCUT2D eigenvalue weighted by Crippen LogP contribution is -2.47. The lowest BCUT2D eigenvalue weighted by molar-refractivity contribution is -0.169. The summed E-state index contributed by atoms with van der Waals surface area (Å²) >= 11 is 1.31. The molecule has 1 aromatic rings. The molecular weight excluding hydrogens is 228 g/mol. The van der Waals surface area contributed by atoms with E-state index in [0.717, 1.165) is 5.01 Å². The number of hydrazone groups is 1. The predicted octanol–water partition coefficient (Wildman–Crippen LogP) is 0.384. The van der Waals surface area contributed by atoms with E-state index in [0.29, 0.717) is 4.88 Å². The minimum Gasteiger partial charge on any atom is -0.353 e. The van der Waals surface area contributed by atoms with Crippen molar-refractivity contribution in [2.45, 2.75) is 25.7 Å². The van der Waals surface area contributed by atoms with Crippen LogP contribution in [0.4, 0.5) is 0 Å². The highest BCUT2D eigenvalue weighted by Crippen LogP contribution is 2.26. The average Bonchev–Trinajstić information content (AvgIpc) is 2.76. The topological polar surface area (TPSA) is 73.1 Å². The number of hydrogen-bond acceptors (Lipinski definition) is 5. The molecule has 0 spiro atoms. The Bertz CT molecular complexity index is 437. The first-order valence-electron chi connectivity index (χ1n) is 4.86. The number of aliphatic hydroxyl groups is 2. The van der Waals surface area contributed by atoms with Gasteiger partial charge in [0, 0.05) is 0 Å². The molecule has 0 atom stereocenters. The molecule has 0 radical (unpaired) electrons. The predicted molar refractivity (Wildman–Crippen MR) is 60.0 cm³/mol. The lowest BCUT2D eigenvalue weighted by atomic mass is 10.1. The van der Waals surface area contributed by atoms with Crippen molar-refractivity contribution in [2.24, 2.45) is 5.10 Å². The summed E-state index contributed by atoms with van der Waals surface area (Å²) in [6.07, 6.45) is 0. The monoisotopic (exact) mass is 240 g/mol. The maximum atomic E-state index is 11.7. The number of thiophene rings is 1. The molecule has 0 fully saturated rings. The third-order valence-corrected chi connectivity index (χ3v) is 3.16. The van der Waals surface area contributed by atoms with Gasteiger partial charge in [-0.25, -0.2) is 5.01 Å². The molecule has 2 rings (SSSR count). The van der Waals surface area contributed by atoms with E-state index < -0.39 is 11.7 Å². The summed E-state index contributed by atoms with van der Waals surface area (Å²) in [7, 11) is 0. The molecule has 1 aromatic heterocycles. The largest absolute Gasteiger partial charge is 0.353 e. The van der Waals surface area contributed by atoms with E-state index in [-0.39, 0.29) is 11.8 Å². The third kappa shape index (κ3) is 1.55. The van der Waals surface area contributed by atoms with Crippen LogP contribution in [-0.4, -0.2) is 38.7 Å². The Hall–Kier alpha value is -1.24. The van der Waals surface area contributed by atoms with E-state index in [4.69, 9.17) is 0 Å². The van der Waals surface area contributed by atoms with Crippen molar-refractivity contribution in [3.05, 3.63) is 22.4 Å². The molecule has 16 heavy (non-hydrogen) atoms. The Kier molecular flexibility index (Phi) is 2.57. The highest BCUT2D eigenvalue weighted by molar-refractivity contribution is 7.12. The zero-order chi connectivity index (χ0) is 11.9. The fourth-order valence-corrected chi connectivity index (χ4v) is 2.22. The summed E-state index contributed by atoms with van der Waals surface area (Å²) in [4.78, 5) is 12.3. The SMILES string of the molecule is CC(C)N1N=C(c2cccs2)C(O)(O)C1=O. The highest BCUT2D eigenvalue weighted by Gasteiger charge is 2.50. The van der Waals surface area contributed by atoms with Gasteiger partial charge in [-0.05, 0) is 25.3 Å². The van der Waals surface area contributed by atoms with Crippen molar-refractivity contribution in [1.29, 1.82) is 0 Å². The Morgan fingerprint density at radius 3 is 2.62 bits per heavy atom. The quantitative estimate of drug-likeness (QED) is 0.734. The lowest BCUT2D eigenvalue weighted by Gasteiger charge is -2.19. The van der Waals surface area contributed by atoms with Gasteiger partial charge in [-0.1, -0.05) is 6.07 Å². The zero-order valence-electron chi connectivity index (χ0n) is 8.91. The molecular formula is C10H12N2O3S. The highest BCUT2D eigenvalue weighted by atomic mass is 32.1. The van der Waals surface area contributed by atoms with Crippen LogP contribution >= 0.6 is 11.3 Å². The van der Waals surface area contributed by atoms with Crippen LogP contribution in [0, 0.1) is 0 Å². The second kappa shape index (κ2) is 3.65. The molecule has 0 unspecified atom stereocenters. The summed E-state index contributed by atoms with van der Waals surface area (Å²) in [5.74, 6) is -3.30. The Balaban J connectivity index is 2.45. The van der Waals surface area contributed by atoms with Crippen molar-refractivity contribution in [3.63, 3.8) is 0 Å². The summed E-state index contributed by atoms with van der Waals surface area (Å²) in [5, 5.41) is 26.4. The molecule has 1 amide bonds. The van der Waals surface area contributed by atoms with Crippen LogP contribution in [0.25, 0.3) is 0 Å². The van der Waals surface area contributed by atoms with Gasteiger partial charge < -0.3 is 10.2 Å². The molecule has 86 valence electrons. The normalized spacial score (nSPS) is 19.4. The summed E-state index contributed by atoms with van der Waals surface area (Å²) in [6.45, 7) is 3.52. The van der Waals surface area contributed by atoms with Gasteiger partial charge in [0.15, 0.2) is 0 Å². The van der Waals surface area contributed by atoms with Gasteiger partial charge in [0.25, 0.3) is 5.79 Å². The fourth-order valence-electron chi connectivity index (χ4n) is 1.47. The number of hydrogen-bond donors (Lipinski definition) is 2. The van der Waals surface area contributed by atoms with Crippen LogP contribution in [0.15, 0.2) is 22.6 Å². The second-order valence-corrected chi connectivity index (χ2v) is 4.79. The van der Waals surface area contributed by atoms with E-state index in [1.165, 1.54) is 11.3 Å². The van der Waals surface area contributed by atoms with Crippen LogP contribution in [0.1, 0.15) is 18.7 Å². The molecule has 2 N–H and O–H groups in total. The van der Waals surface area contributed by atoms with Crippen LogP contribution in [0.5, 0.6) is 0 Å². The maximum absolute atomic E-state index is 11.7. The van der Waals surface area contributed by atoms with Gasteiger partial charge in [0.05, 0.1) is 10.9 Å². The Labute approximate surface area is 96.6 Å². The summed E-state index contributed by atoms with van der Waals surface area (Å²) in [6, 6.07) is 3.26. The zero-order valence-corrected chi connectivity index (χ0v) is 9.73. The van der Waals surface area contributed by atoms with Crippen molar-refractivity contribution in [2.75, 3.05) is 0 Å². The van der Waals surface area contributed by atoms with Gasteiger partial charge in [0.1, 0.15) is 5.71 Å². The molecule has 5 nitrogen and oxygen atoms in total. The molecule has 6 heteroatoms. The van der Waals surface area contributed by atoms with E-state index in [1.807, 2.05) is 0 Å². The summed E-state index contributed by atoms with van der Waals surface area (Å²) < 4.78 is 0. The number of amides is 1. The smallest absolute Gasteiger partial charge is 0.309 e. The number of carbonyl (C=O) groups is 1. The Morgan fingerprint density at radius 1 is 1.50 bits per heavy atom. The molecule has 0 aromatic carbocycles. The molecule has 0 saturated carbocycles. The van der Waals surface area contributed by atoms with Crippen LogP contribution < -0.4 is 0 Å². The number of nitrogens with zero attached hydrogens (tertiary/aromatic N) is 2. The summed E-state index contributed by atoms with van der Waals surface area (Å²) in [5.41, 5.74) is 0.00111. The van der Waals surface area contributed by atoms with Crippen LogP contribution in [0.3, 0.4) is 0 Å². The first kappa shape index (κ1) is 11.3. The van der Waals surface area contributed by atoms with Gasteiger partial charge in [-0.3, -0.25) is 4.79 Å². The standard InChI is InChI=1S/C10H12N2O3S/c1-6(2)12-9(13)10(14,15)8(11-12)7-4-3-5-16-7/h3-6,14-15H,1-2H3. The van der Waals surface area contributed by atoms with Crippen molar-refractivity contribution in [3.8, 4) is 0 Å².